The van der Waals surface area contributed by atoms with E-state index in [0.717, 1.165) is 22.6 Å². The maximum atomic E-state index is 12.8. The van der Waals surface area contributed by atoms with Crippen LogP contribution in [0.25, 0.3) is 11.3 Å². The van der Waals surface area contributed by atoms with Crippen molar-refractivity contribution in [1.82, 2.24) is 10.2 Å². The molecule has 0 unspecified atom stereocenters. The molecule has 0 saturated carbocycles. The van der Waals surface area contributed by atoms with Crippen LogP contribution >= 0.6 is 0 Å². The number of anilines is 1. The molecule has 0 aliphatic rings. The van der Waals surface area contributed by atoms with Crippen molar-refractivity contribution in [3.05, 3.63) is 41.7 Å². The van der Waals surface area contributed by atoms with Crippen molar-refractivity contribution in [3.8, 4) is 11.3 Å². The van der Waals surface area contributed by atoms with Crippen LogP contribution in [0.1, 0.15) is 5.56 Å². The summed E-state index contributed by atoms with van der Waals surface area (Å²) in [4.78, 5) is 0. The van der Waals surface area contributed by atoms with Gasteiger partial charge in [-0.3, -0.25) is 0 Å². The van der Waals surface area contributed by atoms with Crippen molar-refractivity contribution in [2.24, 2.45) is 0 Å². The van der Waals surface area contributed by atoms with Crippen LogP contribution in [0.5, 0.6) is 0 Å². The van der Waals surface area contributed by atoms with Crippen LogP contribution in [0.4, 0.5) is 10.2 Å². The molecule has 1 aromatic heterocycles. The lowest BCUT2D eigenvalue weighted by Gasteiger charge is -2.05. The van der Waals surface area contributed by atoms with E-state index in [0.29, 0.717) is 0 Å². The highest BCUT2D eigenvalue weighted by atomic mass is 19.1. The lowest BCUT2D eigenvalue weighted by Crippen LogP contribution is -1.98. The van der Waals surface area contributed by atoms with Crippen LogP contribution in [-0.4, -0.2) is 17.2 Å². The Labute approximate surface area is 93.3 Å². The molecule has 0 bridgehead atoms. The van der Waals surface area contributed by atoms with E-state index in [1.54, 1.807) is 19.2 Å². The van der Waals surface area contributed by atoms with E-state index in [4.69, 9.17) is 0 Å². The molecule has 2 rings (SSSR count). The zero-order valence-corrected chi connectivity index (χ0v) is 9.16. The molecule has 4 heteroatoms. The molecular weight excluding hydrogens is 205 g/mol. The lowest BCUT2D eigenvalue weighted by atomic mass is 10.1. The lowest BCUT2D eigenvalue weighted by molar-refractivity contribution is 0.628. The summed E-state index contributed by atoms with van der Waals surface area (Å²) in [6, 6.07) is 8.14. The molecule has 1 N–H and O–H groups in total. The quantitative estimate of drug-likeness (QED) is 0.840. The normalized spacial score (nSPS) is 10.2. The third kappa shape index (κ3) is 2.00. The second-order valence-electron chi connectivity index (χ2n) is 3.52. The van der Waals surface area contributed by atoms with Gasteiger partial charge >= 0.3 is 0 Å². The number of rotatable bonds is 2. The zero-order chi connectivity index (χ0) is 11.5. The van der Waals surface area contributed by atoms with Gasteiger partial charge in [-0.1, -0.05) is 0 Å². The Morgan fingerprint density at radius 3 is 2.38 bits per heavy atom. The van der Waals surface area contributed by atoms with Gasteiger partial charge in [0.05, 0.1) is 5.69 Å². The number of hydrogen-bond donors (Lipinski definition) is 1. The minimum absolute atomic E-state index is 0.250. The first-order valence-electron chi connectivity index (χ1n) is 4.98. The molecule has 0 spiro atoms. The number of aryl methyl sites for hydroxylation is 1. The summed E-state index contributed by atoms with van der Waals surface area (Å²) in [5, 5.41) is 11.1. The van der Waals surface area contributed by atoms with Crippen molar-refractivity contribution in [2.45, 2.75) is 6.92 Å². The molecular formula is C12H12FN3. The minimum atomic E-state index is -0.250. The van der Waals surface area contributed by atoms with Gasteiger partial charge in [0.15, 0.2) is 5.82 Å². The summed E-state index contributed by atoms with van der Waals surface area (Å²) in [6.45, 7) is 1.95. The highest BCUT2D eigenvalue weighted by molar-refractivity contribution is 5.61. The summed E-state index contributed by atoms with van der Waals surface area (Å²) < 4.78 is 12.8. The summed E-state index contributed by atoms with van der Waals surface area (Å²) in [5.74, 6) is 0.506. The van der Waals surface area contributed by atoms with E-state index >= 15 is 0 Å². The van der Waals surface area contributed by atoms with Gasteiger partial charge < -0.3 is 5.32 Å². The van der Waals surface area contributed by atoms with Crippen molar-refractivity contribution < 1.29 is 4.39 Å². The number of hydrogen-bond acceptors (Lipinski definition) is 3. The number of nitrogens with zero attached hydrogens (tertiary/aromatic N) is 2. The van der Waals surface area contributed by atoms with E-state index in [2.05, 4.69) is 15.5 Å². The first-order chi connectivity index (χ1) is 7.70. The number of nitrogens with one attached hydrogen (secondary N) is 1. The first-order valence-corrected chi connectivity index (χ1v) is 4.98. The highest BCUT2D eigenvalue weighted by Crippen LogP contribution is 2.20. The van der Waals surface area contributed by atoms with E-state index in [-0.39, 0.29) is 5.82 Å². The highest BCUT2D eigenvalue weighted by Gasteiger charge is 2.04. The van der Waals surface area contributed by atoms with Gasteiger partial charge in [0, 0.05) is 12.6 Å². The minimum Gasteiger partial charge on any atom is -0.371 e. The predicted octanol–water partition coefficient (Wildman–Crippen LogP) is 2.63. The summed E-state index contributed by atoms with van der Waals surface area (Å²) in [5.41, 5.74) is 2.62. The third-order valence-electron chi connectivity index (χ3n) is 2.36. The molecule has 0 amide bonds. The van der Waals surface area contributed by atoms with E-state index in [9.17, 15) is 4.39 Å². The number of aromatic nitrogens is 2. The molecule has 1 heterocycles. The van der Waals surface area contributed by atoms with Gasteiger partial charge in [-0.25, -0.2) is 4.39 Å². The Morgan fingerprint density at radius 2 is 1.81 bits per heavy atom. The molecule has 0 fully saturated rings. The molecule has 0 aliphatic carbocycles. The number of halogens is 1. The second kappa shape index (κ2) is 4.26. The summed E-state index contributed by atoms with van der Waals surface area (Å²) >= 11 is 0. The largest absolute Gasteiger partial charge is 0.371 e. The van der Waals surface area contributed by atoms with Crippen molar-refractivity contribution >= 4 is 5.82 Å². The Bertz CT molecular complexity index is 494. The van der Waals surface area contributed by atoms with Gasteiger partial charge in [0.2, 0.25) is 0 Å². The molecule has 0 aliphatic heterocycles. The fourth-order valence-electron chi connectivity index (χ4n) is 1.49. The maximum absolute atomic E-state index is 12.8. The fraction of sp³-hybridized carbons (Fsp3) is 0.167. The second-order valence-corrected chi connectivity index (χ2v) is 3.52. The molecule has 2 aromatic rings. The van der Waals surface area contributed by atoms with E-state index < -0.39 is 0 Å². The van der Waals surface area contributed by atoms with Crippen LogP contribution in [0.3, 0.4) is 0 Å². The van der Waals surface area contributed by atoms with Crippen molar-refractivity contribution in [1.29, 1.82) is 0 Å². The molecule has 0 saturated heterocycles. The van der Waals surface area contributed by atoms with E-state index in [1.807, 2.05) is 13.0 Å². The van der Waals surface area contributed by atoms with Crippen LogP contribution in [0.15, 0.2) is 30.3 Å². The monoisotopic (exact) mass is 217 g/mol. The molecule has 1 aromatic carbocycles. The smallest absolute Gasteiger partial charge is 0.151 e. The molecule has 82 valence electrons. The fourth-order valence-corrected chi connectivity index (χ4v) is 1.49. The average molecular weight is 217 g/mol. The standard InChI is InChI=1S/C12H12FN3/c1-8-7-11(15-16-12(8)14-2)9-3-5-10(13)6-4-9/h3-7H,1-2H3,(H,14,16). The molecule has 16 heavy (non-hydrogen) atoms. The molecule has 0 atom stereocenters. The van der Waals surface area contributed by atoms with E-state index in [1.165, 1.54) is 12.1 Å². The molecule has 0 radical (unpaired) electrons. The first kappa shape index (κ1) is 10.5. The van der Waals surface area contributed by atoms with Crippen LogP contribution in [0.2, 0.25) is 0 Å². The summed E-state index contributed by atoms with van der Waals surface area (Å²) in [7, 11) is 1.80. The average Bonchev–Trinajstić information content (AvgIpc) is 2.30. The van der Waals surface area contributed by atoms with Crippen LogP contribution < -0.4 is 5.32 Å². The van der Waals surface area contributed by atoms with Crippen molar-refractivity contribution in [2.75, 3.05) is 12.4 Å². The van der Waals surface area contributed by atoms with Crippen LogP contribution in [-0.2, 0) is 0 Å². The maximum Gasteiger partial charge on any atom is 0.151 e. The molecule has 3 nitrogen and oxygen atoms in total. The van der Waals surface area contributed by atoms with Gasteiger partial charge in [-0.2, -0.15) is 0 Å². The van der Waals surface area contributed by atoms with Gasteiger partial charge in [-0.15, -0.1) is 10.2 Å². The Morgan fingerprint density at radius 1 is 1.12 bits per heavy atom. The predicted molar refractivity (Wildman–Crippen MR) is 61.7 cm³/mol. The van der Waals surface area contributed by atoms with Crippen LogP contribution in [0, 0.1) is 12.7 Å². The topological polar surface area (TPSA) is 37.8 Å². The van der Waals surface area contributed by atoms with Crippen molar-refractivity contribution in [3.63, 3.8) is 0 Å². The zero-order valence-electron chi connectivity index (χ0n) is 9.16. The van der Waals surface area contributed by atoms with Gasteiger partial charge in [0.25, 0.3) is 0 Å². The third-order valence-corrected chi connectivity index (χ3v) is 2.36. The Kier molecular flexibility index (Phi) is 2.81. The van der Waals surface area contributed by atoms with Gasteiger partial charge in [0.1, 0.15) is 5.82 Å². The Hall–Kier alpha value is -1.97. The SMILES string of the molecule is CNc1nnc(-c2ccc(F)cc2)cc1C. The number of benzene rings is 1. The van der Waals surface area contributed by atoms with Gasteiger partial charge in [-0.05, 0) is 42.8 Å². The Balaban J connectivity index is 2.41. The summed E-state index contributed by atoms with van der Waals surface area (Å²) in [6.07, 6.45) is 0.